The number of carbonyl (C=O) groups excluding carboxylic acids is 2. The molecule has 0 saturated heterocycles. The maximum Gasteiger partial charge on any atom is 0.407 e. The first-order chi connectivity index (χ1) is 20.4. The van der Waals surface area contributed by atoms with Crippen LogP contribution in [-0.4, -0.2) is 41.8 Å². The van der Waals surface area contributed by atoms with Gasteiger partial charge in [0, 0.05) is 11.6 Å². The Balaban J connectivity index is 1.27. The van der Waals surface area contributed by atoms with Gasteiger partial charge in [-0.1, -0.05) is 91.0 Å². The lowest BCUT2D eigenvalue weighted by Crippen LogP contribution is -2.51. The molecule has 0 unspecified atom stereocenters. The molecule has 214 valence electrons. The number of hydrogen-bond donors (Lipinski definition) is 3. The molecule has 4 aromatic rings. The van der Waals surface area contributed by atoms with Crippen molar-refractivity contribution in [1.29, 1.82) is 0 Å². The van der Waals surface area contributed by atoms with Crippen molar-refractivity contribution in [2.45, 2.75) is 38.0 Å². The van der Waals surface area contributed by atoms with Crippen molar-refractivity contribution in [2.75, 3.05) is 11.9 Å². The van der Waals surface area contributed by atoms with Gasteiger partial charge in [0.25, 0.3) is 0 Å². The van der Waals surface area contributed by atoms with E-state index in [-0.39, 0.29) is 25.6 Å². The Morgan fingerprint density at radius 1 is 0.786 bits per heavy atom. The standard InChI is InChI=1S/C34H32N2O6/c1-22(41-20-24-9-3-2-4-10-24)32(33(39)35-25-17-15-23(16-18-25)19-31(37)38)36-34(40)42-21-30-28-13-7-5-11-26(28)27-12-6-8-14-29(27)30/h2-18,22,30,32H,19-21H2,1H3,(H,35,39)(H,36,40)(H,37,38)/t22-,32+/m0/s1. The second kappa shape index (κ2) is 13.1. The van der Waals surface area contributed by atoms with Crippen molar-refractivity contribution in [3.05, 3.63) is 125 Å². The molecular weight excluding hydrogens is 532 g/mol. The lowest BCUT2D eigenvalue weighted by atomic mass is 9.98. The number of carbonyl (C=O) groups is 3. The van der Waals surface area contributed by atoms with Gasteiger partial charge >= 0.3 is 12.1 Å². The number of rotatable bonds is 11. The van der Waals surface area contributed by atoms with Crippen LogP contribution in [0.3, 0.4) is 0 Å². The fraction of sp³-hybridized carbons (Fsp3) is 0.206. The molecule has 0 aromatic heterocycles. The average Bonchev–Trinajstić information content (AvgIpc) is 3.32. The summed E-state index contributed by atoms with van der Waals surface area (Å²) in [5.74, 6) is -1.55. The topological polar surface area (TPSA) is 114 Å². The number of fused-ring (bicyclic) bond motifs is 3. The lowest BCUT2D eigenvalue weighted by molar-refractivity contribution is -0.136. The van der Waals surface area contributed by atoms with E-state index in [2.05, 4.69) is 22.8 Å². The predicted molar refractivity (Wildman–Crippen MR) is 159 cm³/mol. The fourth-order valence-electron chi connectivity index (χ4n) is 5.16. The van der Waals surface area contributed by atoms with E-state index >= 15 is 0 Å². The number of alkyl carbamates (subject to hydrolysis) is 1. The lowest BCUT2D eigenvalue weighted by Gasteiger charge is -2.25. The minimum absolute atomic E-state index is 0.110. The van der Waals surface area contributed by atoms with Crippen molar-refractivity contribution in [3.8, 4) is 11.1 Å². The van der Waals surface area contributed by atoms with Crippen LogP contribution in [0.15, 0.2) is 103 Å². The van der Waals surface area contributed by atoms with Gasteiger partial charge in [-0.2, -0.15) is 0 Å². The molecule has 8 nitrogen and oxygen atoms in total. The number of nitrogens with one attached hydrogen (secondary N) is 2. The zero-order valence-electron chi connectivity index (χ0n) is 23.2. The summed E-state index contributed by atoms with van der Waals surface area (Å²) in [5.41, 5.74) is 6.42. The number of aliphatic carboxylic acids is 1. The van der Waals surface area contributed by atoms with Gasteiger partial charge in [0.05, 0.1) is 19.1 Å². The van der Waals surface area contributed by atoms with Gasteiger partial charge in [-0.15, -0.1) is 0 Å². The van der Waals surface area contributed by atoms with E-state index in [0.717, 1.165) is 27.8 Å². The summed E-state index contributed by atoms with van der Waals surface area (Å²) >= 11 is 0. The maximum absolute atomic E-state index is 13.4. The first-order valence-electron chi connectivity index (χ1n) is 13.8. The normalized spacial score (nSPS) is 13.4. The smallest absolute Gasteiger partial charge is 0.407 e. The van der Waals surface area contributed by atoms with E-state index in [1.165, 1.54) is 0 Å². The Morgan fingerprint density at radius 2 is 1.38 bits per heavy atom. The molecule has 0 fully saturated rings. The maximum atomic E-state index is 13.4. The van der Waals surface area contributed by atoms with Crippen molar-refractivity contribution in [1.82, 2.24) is 5.32 Å². The minimum atomic E-state index is -1.07. The summed E-state index contributed by atoms with van der Waals surface area (Å²) in [5, 5.41) is 14.5. The molecule has 3 N–H and O–H groups in total. The number of hydrogen-bond acceptors (Lipinski definition) is 5. The summed E-state index contributed by atoms with van der Waals surface area (Å²) in [4.78, 5) is 37.5. The third kappa shape index (κ3) is 6.85. The molecule has 0 radical (unpaired) electrons. The van der Waals surface area contributed by atoms with E-state index in [1.807, 2.05) is 66.7 Å². The predicted octanol–water partition coefficient (Wildman–Crippen LogP) is 5.76. The average molecular weight is 565 g/mol. The van der Waals surface area contributed by atoms with Gasteiger partial charge in [-0.3, -0.25) is 9.59 Å². The molecule has 4 aromatic carbocycles. The van der Waals surface area contributed by atoms with Crippen LogP contribution < -0.4 is 10.6 Å². The second-order valence-electron chi connectivity index (χ2n) is 10.2. The number of carboxylic acid groups (broad SMARTS) is 1. The molecule has 42 heavy (non-hydrogen) atoms. The fourth-order valence-corrected chi connectivity index (χ4v) is 5.16. The van der Waals surface area contributed by atoms with E-state index < -0.39 is 30.1 Å². The number of benzene rings is 4. The van der Waals surface area contributed by atoms with Gasteiger partial charge in [-0.05, 0) is 52.4 Å². The highest BCUT2D eigenvalue weighted by Crippen LogP contribution is 2.44. The van der Waals surface area contributed by atoms with Crippen molar-refractivity contribution < 1.29 is 29.0 Å². The molecule has 0 saturated carbocycles. The second-order valence-corrected chi connectivity index (χ2v) is 10.2. The highest BCUT2D eigenvalue weighted by molar-refractivity contribution is 5.97. The molecular formula is C34H32N2O6. The molecule has 0 heterocycles. The van der Waals surface area contributed by atoms with Crippen LogP contribution in [0.25, 0.3) is 11.1 Å². The van der Waals surface area contributed by atoms with E-state index in [0.29, 0.717) is 11.3 Å². The van der Waals surface area contributed by atoms with Crippen LogP contribution in [-0.2, 0) is 32.1 Å². The summed E-state index contributed by atoms with van der Waals surface area (Å²) in [6.45, 7) is 2.08. The highest BCUT2D eigenvalue weighted by Gasteiger charge is 2.31. The molecule has 8 heteroatoms. The summed E-state index contributed by atoms with van der Waals surface area (Å²) in [6, 6.07) is 31.1. The molecule has 0 spiro atoms. The summed E-state index contributed by atoms with van der Waals surface area (Å²) in [7, 11) is 0. The van der Waals surface area contributed by atoms with Gasteiger partial charge in [-0.25, -0.2) is 4.79 Å². The molecule has 0 bridgehead atoms. The van der Waals surface area contributed by atoms with E-state index in [9.17, 15) is 14.4 Å². The van der Waals surface area contributed by atoms with Gasteiger partial charge in [0.15, 0.2) is 0 Å². The molecule has 0 aliphatic heterocycles. The molecule has 1 aliphatic carbocycles. The van der Waals surface area contributed by atoms with Crippen molar-refractivity contribution >= 4 is 23.7 Å². The third-order valence-corrected chi connectivity index (χ3v) is 7.30. The van der Waals surface area contributed by atoms with Gasteiger partial charge in [0.2, 0.25) is 5.91 Å². The van der Waals surface area contributed by atoms with Crippen LogP contribution in [0, 0.1) is 0 Å². The number of anilines is 1. The zero-order valence-corrected chi connectivity index (χ0v) is 23.2. The molecule has 1 aliphatic rings. The monoisotopic (exact) mass is 564 g/mol. The van der Waals surface area contributed by atoms with E-state index in [4.69, 9.17) is 14.6 Å². The number of ether oxygens (including phenoxy) is 2. The first-order valence-corrected chi connectivity index (χ1v) is 13.8. The zero-order chi connectivity index (χ0) is 29.5. The van der Waals surface area contributed by atoms with Crippen molar-refractivity contribution in [2.24, 2.45) is 0 Å². The SMILES string of the molecule is C[C@H](OCc1ccccc1)[C@@H](NC(=O)OCC1c2ccccc2-c2ccccc21)C(=O)Nc1ccc(CC(=O)O)cc1. The molecule has 2 amide bonds. The van der Waals surface area contributed by atoms with Crippen molar-refractivity contribution in [3.63, 3.8) is 0 Å². The Bertz CT molecular complexity index is 1510. The third-order valence-electron chi connectivity index (χ3n) is 7.30. The summed E-state index contributed by atoms with van der Waals surface area (Å²) < 4.78 is 11.7. The number of amides is 2. The van der Waals surface area contributed by atoms with Crippen LogP contribution in [0.1, 0.15) is 35.1 Å². The number of carboxylic acids is 1. The van der Waals surface area contributed by atoms with Crippen LogP contribution in [0.5, 0.6) is 0 Å². The van der Waals surface area contributed by atoms with Crippen LogP contribution >= 0.6 is 0 Å². The van der Waals surface area contributed by atoms with Gasteiger partial charge < -0.3 is 25.2 Å². The van der Waals surface area contributed by atoms with Crippen LogP contribution in [0.2, 0.25) is 0 Å². The Kier molecular flexibility index (Phi) is 8.94. The Morgan fingerprint density at radius 3 is 2.00 bits per heavy atom. The molecule has 2 atom stereocenters. The largest absolute Gasteiger partial charge is 0.481 e. The first kappa shape index (κ1) is 28.6. The Labute approximate surface area is 244 Å². The van der Waals surface area contributed by atoms with Gasteiger partial charge in [0.1, 0.15) is 12.6 Å². The van der Waals surface area contributed by atoms with E-state index in [1.54, 1.807) is 31.2 Å². The quantitative estimate of drug-likeness (QED) is 0.213. The highest BCUT2D eigenvalue weighted by atomic mass is 16.5. The minimum Gasteiger partial charge on any atom is -0.481 e. The molecule has 5 rings (SSSR count). The Hall–Kier alpha value is -4.95. The van der Waals surface area contributed by atoms with Crippen LogP contribution in [0.4, 0.5) is 10.5 Å². The summed E-state index contributed by atoms with van der Waals surface area (Å²) in [6.07, 6.45) is -1.55.